The van der Waals surface area contributed by atoms with Crippen molar-refractivity contribution in [2.24, 2.45) is 57.7 Å². The summed E-state index contributed by atoms with van der Waals surface area (Å²) in [6, 6.07) is 5.64. The second kappa shape index (κ2) is 11.5. The van der Waals surface area contributed by atoms with Crippen molar-refractivity contribution in [1.82, 2.24) is 0 Å². The molecule has 0 saturated heterocycles. The molecule has 10 atom stereocenters. The third kappa shape index (κ3) is 5.39. The van der Waals surface area contributed by atoms with Gasteiger partial charge < -0.3 is 11.5 Å². The molecule has 1 aromatic rings. The molecule has 0 bridgehead atoms. The van der Waals surface area contributed by atoms with Crippen LogP contribution in [-0.2, 0) is 4.89 Å². The van der Waals surface area contributed by atoms with Crippen molar-refractivity contribution in [2.45, 2.75) is 125 Å². The van der Waals surface area contributed by atoms with Gasteiger partial charge in [0.2, 0.25) is 0 Å². The van der Waals surface area contributed by atoms with Crippen molar-refractivity contribution in [3.05, 3.63) is 35.4 Å². The van der Waals surface area contributed by atoms with Crippen molar-refractivity contribution in [2.75, 3.05) is 11.5 Å². The summed E-state index contributed by atoms with van der Waals surface area (Å²) in [7, 11) is 0. The number of unbranched alkanes of at least 4 members (excludes halogenated alkanes) is 1. The fourth-order valence-electron chi connectivity index (χ4n) is 11.9. The second-order valence-electron chi connectivity index (χ2n) is 16.4. The minimum Gasteiger partial charge on any atom is -0.399 e. The largest absolute Gasteiger partial charge is 0.399 e. The lowest BCUT2D eigenvalue weighted by Gasteiger charge is -2.66. The lowest BCUT2D eigenvalue weighted by atomic mass is 9.39. The zero-order chi connectivity index (χ0) is 29.7. The molecular formula is C37H60N2O2. The summed E-state index contributed by atoms with van der Waals surface area (Å²) in [4.78, 5) is 5.28. The number of hydrogen-bond acceptors (Lipinski definition) is 4. The van der Waals surface area contributed by atoms with E-state index in [9.17, 15) is 5.26 Å². The molecule has 5 N–H and O–H groups in total. The van der Waals surface area contributed by atoms with E-state index in [1.54, 1.807) is 6.07 Å². The summed E-state index contributed by atoms with van der Waals surface area (Å²) in [6.45, 7) is 17.3. The minimum absolute atomic E-state index is 0.0451. The quantitative estimate of drug-likeness (QED) is 0.0964. The predicted molar refractivity (Wildman–Crippen MR) is 172 cm³/mol. The predicted octanol–water partition coefficient (Wildman–Crippen LogP) is 10.1. The maximum absolute atomic E-state index is 10.2. The Bertz CT molecular complexity index is 1090. The van der Waals surface area contributed by atoms with Crippen LogP contribution in [0.5, 0.6) is 0 Å². The molecule has 5 rings (SSSR count). The Morgan fingerprint density at radius 1 is 0.902 bits per heavy atom. The molecule has 10 unspecified atom stereocenters. The van der Waals surface area contributed by atoms with Gasteiger partial charge in [0.25, 0.3) is 0 Å². The molecule has 4 nitrogen and oxygen atoms in total. The van der Waals surface area contributed by atoms with Gasteiger partial charge in [-0.05, 0) is 159 Å². The van der Waals surface area contributed by atoms with E-state index in [0.717, 1.165) is 41.6 Å². The number of allylic oxidation sites excluding steroid dienone is 2. The topological polar surface area (TPSA) is 81.5 Å². The molecule has 0 radical (unpaired) electrons. The summed E-state index contributed by atoms with van der Waals surface area (Å²) in [6.07, 6.45) is 16.7. The van der Waals surface area contributed by atoms with Crippen LogP contribution in [0, 0.1) is 57.7 Å². The zero-order valence-electron chi connectivity index (χ0n) is 27.2. The highest BCUT2D eigenvalue weighted by Crippen LogP contribution is 2.71. The molecule has 4 aliphatic carbocycles. The van der Waals surface area contributed by atoms with E-state index in [-0.39, 0.29) is 11.3 Å². The van der Waals surface area contributed by atoms with E-state index < -0.39 is 6.10 Å². The molecule has 0 amide bonds. The third-order valence-electron chi connectivity index (χ3n) is 13.7. The SMILES string of the molecule is CC(C)=CCCCC(C)C1CCC2C3CCC4C(C)(C)C(C(OO)c5cc(N)cc(N)c5)CCC4(C)C3CCC12C. The van der Waals surface area contributed by atoms with Gasteiger partial charge in [0.1, 0.15) is 6.10 Å². The van der Waals surface area contributed by atoms with Crippen molar-refractivity contribution in [1.29, 1.82) is 0 Å². The highest BCUT2D eigenvalue weighted by molar-refractivity contribution is 5.55. The standard InChI is InChI=1S/C37H60N2O2/c1-23(2)10-8-9-11-24(3)29-13-14-30-28-12-15-33-35(4,5)32(34(41-40)25-20-26(38)22-27(39)21-25)17-19-37(33,7)31(28)16-18-36(29,30)6/h10,20-22,24,28-34,40H,8-9,11-19,38-39H2,1-7H3. The fraction of sp³-hybridized carbons (Fsp3) is 0.784. The molecule has 4 fully saturated rings. The van der Waals surface area contributed by atoms with Gasteiger partial charge in [-0.15, -0.1) is 0 Å². The first-order chi connectivity index (χ1) is 19.3. The van der Waals surface area contributed by atoms with Crippen molar-refractivity contribution >= 4 is 11.4 Å². The molecule has 230 valence electrons. The lowest BCUT2D eigenvalue weighted by molar-refractivity contribution is -0.312. The second-order valence-corrected chi connectivity index (χ2v) is 16.4. The number of rotatable bonds is 8. The van der Waals surface area contributed by atoms with Crippen molar-refractivity contribution < 1.29 is 10.1 Å². The van der Waals surface area contributed by atoms with Crippen molar-refractivity contribution in [3.63, 3.8) is 0 Å². The number of hydrogen-bond donors (Lipinski definition) is 3. The molecule has 0 aliphatic heterocycles. The first-order valence-electron chi connectivity index (χ1n) is 16.9. The van der Waals surface area contributed by atoms with Gasteiger partial charge in [0.15, 0.2) is 0 Å². The van der Waals surface area contributed by atoms with Gasteiger partial charge in [-0.25, -0.2) is 4.89 Å². The smallest absolute Gasteiger partial charge is 0.121 e. The number of benzene rings is 1. The Kier molecular flexibility index (Phi) is 8.69. The summed E-state index contributed by atoms with van der Waals surface area (Å²) in [5.74, 6) is 5.18. The number of anilines is 2. The third-order valence-corrected chi connectivity index (χ3v) is 13.7. The van der Waals surface area contributed by atoms with E-state index >= 15 is 0 Å². The van der Waals surface area contributed by atoms with Crippen molar-refractivity contribution in [3.8, 4) is 0 Å². The molecule has 0 aromatic heterocycles. The minimum atomic E-state index is -0.401. The Balaban J connectivity index is 1.33. The maximum atomic E-state index is 10.2. The molecule has 0 heterocycles. The van der Waals surface area contributed by atoms with Gasteiger partial charge >= 0.3 is 0 Å². The summed E-state index contributed by atoms with van der Waals surface area (Å²) >= 11 is 0. The number of nitrogen functional groups attached to an aromatic ring is 2. The lowest BCUT2D eigenvalue weighted by Crippen LogP contribution is -2.58. The van der Waals surface area contributed by atoms with E-state index in [1.807, 2.05) is 12.1 Å². The summed E-state index contributed by atoms with van der Waals surface area (Å²) in [5.41, 5.74) is 16.8. The van der Waals surface area contributed by atoms with Crippen LogP contribution in [0.15, 0.2) is 29.8 Å². The normalized spacial score (nSPS) is 39.2. The molecule has 0 spiro atoms. The molecule has 1 aromatic carbocycles. The molecule has 4 heteroatoms. The van der Waals surface area contributed by atoms with Gasteiger partial charge in [-0.1, -0.05) is 52.7 Å². The average Bonchev–Trinajstić information content (AvgIpc) is 3.25. The average molecular weight is 565 g/mol. The zero-order valence-corrected chi connectivity index (χ0v) is 27.2. The van der Waals surface area contributed by atoms with E-state index in [1.165, 1.54) is 69.8 Å². The highest BCUT2D eigenvalue weighted by Gasteiger charge is 2.64. The van der Waals surface area contributed by atoms with Crippen LogP contribution >= 0.6 is 0 Å². The van der Waals surface area contributed by atoms with Crippen LogP contribution < -0.4 is 11.5 Å². The van der Waals surface area contributed by atoms with Gasteiger partial charge in [-0.2, -0.15) is 0 Å². The number of fused-ring (bicyclic) bond motifs is 5. The van der Waals surface area contributed by atoms with Crippen LogP contribution in [0.3, 0.4) is 0 Å². The van der Waals surface area contributed by atoms with Crippen LogP contribution in [0.1, 0.15) is 131 Å². The van der Waals surface area contributed by atoms with Gasteiger partial charge in [0.05, 0.1) is 0 Å². The van der Waals surface area contributed by atoms with Gasteiger partial charge in [-0.3, -0.25) is 5.26 Å². The monoisotopic (exact) mass is 564 g/mol. The number of nitrogens with two attached hydrogens (primary N) is 2. The maximum Gasteiger partial charge on any atom is 0.121 e. The van der Waals surface area contributed by atoms with Crippen LogP contribution in [0.2, 0.25) is 0 Å². The van der Waals surface area contributed by atoms with Gasteiger partial charge in [0, 0.05) is 11.4 Å². The Labute approximate surface area is 251 Å². The molecule has 41 heavy (non-hydrogen) atoms. The Morgan fingerprint density at radius 3 is 2.22 bits per heavy atom. The van der Waals surface area contributed by atoms with E-state index in [0.29, 0.717) is 28.1 Å². The van der Waals surface area contributed by atoms with Crippen LogP contribution in [0.4, 0.5) is 11.4 Å². The van der Waals surface area contributed by atoms with Crippen LogP contribution in [0.25, 0.3) is 0 Å². The first-order valence-corrected chi connectivity index (χ1v) is 16.9. The molecular weight excluding hydrogens is 504 g/mol. The van der Waals surface area contributed by atoms with E-state index in [4.69, 9.17) is 16.4 Å². The molecule has 4 saturated carbocycles. The summed E-state index contributed by atoms with van der Waals surface area (Å²) < 4.78 is 0. The first kappa shape index (κ1) is 30.9. The van der Waals surface area contributed by atoms with Crippen LogP contribution in [-0.4, -0.2) is 5.26 Å². The summed E-state index contributed by atoms with van der Waals surface area (Å²) in [5, 5.41) is 10.2. The molecule has 4 aliphatic rings. The highest BCUT2D eigenvalue weighted by atomic mass is 17.1. The van der Waals surface area contributed by atoms with E-state index in [2.05, 4.69) is 54.5 Å². The Hall–Kier alpha value is -1.52. The fourth-order valence-corrected chi connectivity index (χ4v) is 11.9. The Morgan fingerprint density at radius 2 is 1.56 bits per heavy atom.